The summed E-state index contributed by atoms with van der Waals surface area (Å²) in [4.78, 5) is 25.7. The van der Waals surface area contributed by atoms with Gasteiger partial charge in [0.2, 0.25) is 0 Å². The van der Waals surface area contributed by atoms with E-state index in [4.69, 9.17) is 4.74 Å². The Morgan fingerprint density at radius 3 is 2.76 bits per heavy atom. The van der Waals surface area contributed by atoms with Gasteiger partial charge >= 0.3 is 5.69 Å². The minimum Gasteiger partial charge on any atom is -0.485 e. The Balaban J connectivity index is 1.39. The standard InChI is InChI=1S/C25H23FN8O3/c1-32(2)7-8-37-23-13-21-19(12-22(23)34(35)36)25(29-14-27-21)31-18-4-3-17(20(26)11-18)9-16-5-6-33-24(10-16)28-15-30-33/h3-6,10-15H,7-9H2,1-2H3,(H,27,29,31). The van der Waals surface area contributed by atoms with Gasteiger partial charge < -0.3 is 15.0 Å². The maximum absolute atomic E-state index is 15.0. The lowest BCUT2D eigenvalue weighted by Crippen LogP contribution is -2.19. The Morgan fingerprint density at radius 2 is 1.97 bits per heavy atom. The molecule has 0 radical (unpaired) electrons. The molecule has 3 heterocycles. The van der Waals surface area contributed by atoms with Gasteiger partial charge in [-0.2, -0.15) is 5.10 Å². The van der Waals surface area contributed by atoms with Gasteiger partial charge in [-0.25, -0.2) is 23.9 Å². The van der Waals surface area contributed by atoms with E-state index in [2.05, 4.69) is 25.4 Å². The predicted octanol–water partition coefficient (Wildman–Crippen LogP) is 3.99. The average Bonchev–Trinajstić information content (AvgIpc) is 3.33. The molecule has 0 bridgehead atoms. The fourth-order valence-corrected chi connectivity index (χ4v) is 3.86. The summed E-state index contributed by atoms with van der Waals surface area (Å²) in [6, 6.07) is 11.4. The summed E-state index contributed by atoms with van der Waals surface area (Å²) in [5.74, 6) is 0.0494. The molecule has 5 rings (SSSR count). The molecular weight excluding hydrogens is 479 g/mol. The zero-order chi connectivity index (χ0) is 25.9. The second kappa shape index (κ2) is 10.1. The molecule has 2 aromatic carbocycles. The van der Waals surface area contributed by atoms with E-state index in [1.807, 2.05) is 31.1 Å². The molecule has 0 spiro atoms. The van der Waals surface area contributed by atoms with Gasteiger partial charge in [0, 0.05) is 37.0 Å². The lowest BCUT2D eigenvalue weighted by molar-refractivity contribution is -0.385. The Kier molecular flexibility index (Phi) is 6.56. The quantitative estimate of drug-likeness (QED) is 0.235. The molecule has 11 nitrogen and oxygen atoms in total. The third-order valence-corrected chi connectivity index (χ3v) is 5.76. The number of ether oxygens (including phenoxy) is 1. The summed E-state index contributed by atoms with van der Waals surface area (Å²) in [6.07, 6.45) is 4.97. The van der Waals surface area contributed by atoms with Crippen molar-refractivity contribution >= 4 is 33.7 Å². The Bertz CT molecular complexity index is 1600. The van der Waals surface area contributed by atoms with Crippen LogP contribution in [0.25, 0.3) is 16.6 Å². The largest absolute Gasteiger partial charge is 0.485 e. The van der Waals surface area contributed by atoms with E-state index < -0.39 is 10.7 Å². The van der Waals surface area contributed by atoms with Gasteiger partial charge in [0.25, 0.3) is 0 Å². The van der Waals surface area contributed by atoms with Gasteiger partial charge in [-0.05, 0) is 49.5 Å². The summed E-state index contributed by atoms with van der Waals surface area (Å²) < 4.78 is 22.3. The Morgan fingerprint density at radius 1 is 1.11 bits per heavy atom. The molecule has 0 saturated heterocycles. The Labute approximate surface area is 210 Å². The van der Waals surface area contributed by atoms with Crippen molar-refractivity contribution in [3.63, 3.8) is 0 Å². The van der Waals surface area contributed by atoms with Crippen molar-refractivity contribution in [2.75, 3.05) is 32.6 Å². The fourth-order valence-electron chi connectivity index (χ4n) is 3.86. The first-order valence-electron chi connectivity index (χ1n) is 11.4. The van der Waals surface area contributed by atoms with Gasteiger partial charge in [-0.1, -0.05) is 6.07 Å². The molecule has 0 unspecified atom stereocenters. The number of rotatable bonds is 9. The minimum absolute atomic E-state index is 0.128. The predicted molar refractivity (Wildman–Crippen MR) is 136 cm³/mol. The van der Waals surface area contributed by atoms with Crippen LogP contribution < -0.4 is 10.1 Å². The number of nitro groups is 1. The number of pyridine rings is 1. The highest BCUT2D eigenvalue weighted by molar-refractivity contribution is 5.93. The number of likely N-dealkylation sites (N-methyl/N-ethyl adjacent to an activating group) is 1. The van der Waals surface area contributed by atoms with Gasteiger partial charge in [0.1, 0.15) is 30.9 Å². The maximum Gasteiger partial charge on any atom is 0.311 e. The van der Waals surface area contributed by atoms with Gasteiger partial charge in [-0.3, -0.25) is 10.1 Å². The molecule has 0 aliphatic rings. The van der Waals surface area contributed by atoms with E-state index in [1.165, 1.54) is 30.9 Å². The van der Waals surface area contributed by atoms with Crippen LogP contribution >= 0.6 is 0 Å². The van der Waals surface area contributed by atoms with Crippen LogP contribution in [0.1, 0.15) is 11.1 Å². The first kappa shape index (κ1) is 24.0. The van der Waals surface area contributed by atoms with Gasteiger partial charge in [0.05, 0.1) is 15.8 Å². The van der Waals surface area contributed by atoms with E-state index in [1.54, 1.807) is 22.8 Å². The molecule has 37 heavy (non-hydrogen) atoms. The molecule has 12 heteroatoms. The van der Waals surface area contributed by atoms with Crippen LogP contribution in [0, 0.1) is 15.9 Å². The van der Waals surface area contributed by atoms with Crippen molar-refractivity contribution < 1.29 is 14.1 Å². The smallest absolute Gasteiger partial charge is 0.311 e. The van der Waals surface area contributed by atoms with Crippen LogP contribution in [-0.4, -0.2) is 61.6 Å². The summed E-state index contributed by atoms with van der Waals surface area (Å²) in [6.45, 7) is 0.885. The number of anilines is 2. The summed E-state index contributed by atoms with van der Waals surface area (Å²) in [5.41, 5.74) is 2.81. The SMILES string of the molecule is CN(C)CCOc1cc2ncnc(Nc3ccc(Cc4ccn5ncnc5c4)c(F)c3)c2cc1[N+](=O)[O-]. The molecule has 0 amide bonds. The average molecular weight is 503 g/mol. The van der Waals surface area contributed by atoms with Crippen LogP contribution in [-0.2, 0) is 6.42 Å². The molecule has 0 fully saturated rings. The molecule has 188 valence electrons. The first-order valence-corrected chi connectivity index (χ1v) is 11.4. The summed E-state index contributed by atoms with van der Waals surface area (Å²) in [7, 11) is 3.77. The van der Waals surface area contributed by atoms with Gasteiger partial charge in [-0.15, -0.1) is 0 Å². The normalized spacial score (nSPS) is 11.4. The number of hydrogen-bond donors (Lipinski definition) is 1. The van der Waals surface area contributed by atoms with Crippen LogP contribution in [0.4, 0.5) is 21.6 Å². The number of nitrogens with one attached hydrogen (secondary N) is 1. The van der Waals surface area contributed by atoms with Crippen molar-refractivity contribution in [3.05, 3.63) is 88.4 Å². The number of benzene rings is 2. The van der Waals surface area contributed by atoms with Gasteiger partial charge in [0.15, 0.2) is 11.4 Å². The van der Waals surface area contributed by atoms with Crippen LogP contribution in [0.2, 0.25) is 0 Å². The number of aromatic nitrogens is 5. The van der Waals surface area contributed by atoms with Crippen LogP contribution in [0.3, 0.4) is 0 Å². The highest BCUT2D eigenvalue weighted by Crippen LogP contribution is 2.34. The molecule has 0 saturated carbocycles. The molecule has 0 atom stereocenters. The number of halogens is 1. The van der Waals surface area contributed by atoms with Crippen molar-refractivity contribution in [1.82, 2.24) is 29.5 Å². The summed E-state index contributed by atoms with van der Waals surface area (Å²) in [5, 5.41) is 19.3. The zero-order valence-corrected chi connectivity index (χ0v) is 20.1. The number of nitro benzene ring substituents is 1. The number of hydrogen-bond acceptors (Lipinski definition) is 9. The van der Waals surface area contributed by atoms with Crippen LogP contribution in [0.5, 0.6) is 5.75 Å². The highest BCUT2D eigenvalue weighted by atomic mass is 19.1. The summed E-state index contributed by atoms with van der Waals surface area (Å²) >= 11 is 0. The second-order valence-corrected chi connectivity index (χ2v) is 8.67. The lowest BCUT2D eigenvalue weighted by atomic mass is 10.0. The van der Waals surface area contributed by atoms with Crippen LogP contribution in [0.15, 0.2) is 61.3 Å². The molecular formula is C25H23FN8O3. The Hall–Kier alpha value is -4.71. The first-order chi connectivity index (χ1) is 17.9. The fraction of sp³-hybridized carbons (Fsp3) is 0.200. The highest BCUT2D eigenvalue weighted by Gasteiger charge is 2.20. The molecule has 3 aromatic heterocycles. The van der Waals surface area contributed by atoms with E-state index in [0.717, 1.165) is 5.56 Å². The van der Waals surface area contributed by atoms with Crippen molar-refractivity contribution in [2.45, 2.75) is 6.42 Å². The molecule has 0 aliphatic carbocycles. The van der Waals surface area contributed by atoms with Crippen molar-refractivity contribution in [3.8, 4) is 5.75 Å². The maximum atomic E-state index is 15.0. The number of nitrogens with zero attached hydrogens (tertiary/aromatic N) is 7. The van der Waals surface area contributed by atoms with Crippen molar-refractivity contribution in [1.29, 1.82) is 0 Å². The minimum atomic E-state index is -0.507. The second-order valence-electron chi connectivity index (χ2n) is 8.67. The molecule has 1 N–H and O–H groups in total. The van der Waals surface area contributed by atoms with E-state index in [-0.39, 0.29) is 18.0 Å². The third kappa shape index (κ3) is 5.28. The van der Waals surface area contributed by atoms with E-state index in [0.29, 0.717) is 46.6 Å². The van der Waals surface area contributed by atoms with E-state index >= 15 is 0 Å². The monoisotopic (exact) mass is 502 g/mol. The van der Waals surface area contributed by atoms with E-state index in [9.17, 15) is 14.5 Å². The topological polar surface area (TPSA) is 124 Å². The lowest BCUT2D eigenvalue weighted by Gasteiger charge is -2.13. The molecule has 5 aromatic rings. The third-order valence-electron chi connectivity index (χ3n) is 5.76. The zero-order valence-electron chi connectivity index (χ0n) is 20.1. The molecule has 0 aliphatic heterocycles. The van der Waals surface area contributed by atoms with Crippen molar-refractivity contribution in [2.24, 2.45) is 0 Å². The number of fused-ring (bicyclic) bond motifs is 2.